The average molecular weight is 291 g/mol. The predicted octanol–water partition coefficient (Wildman–Crippen LogP) is 2.27. The molecular formula is C12H15F2NO3S. The Balaban J connectivity index is 2.11. The van der Waals surface area contributed by atoms with Crippen LogP contribution in [0, 0.1) is 0 Å². The van der Waals surface area contributed by atoms with Crippen LogP contribution in [0.4, 0.5) is 14.5 Å². The first kappa shape index (κ1) is 14.2. The minimum atomic E-state index is -4.52. The standard InChI is InChI=1S/C12H15F2NO3S/c1-8-11(6-7-18-8)15-9-2-4-10(5-3-9)19(16,17)12(13)14/h2-5,8,11-12,15H,6-7H2,1H3. The first-order valence-corrected chi connectivity index (χ1v) is 7.46. The number of hydrogen-bond acceptors (Lipinski definition) is 4. The Morgan fingerprint density at radius 3 is 2.42 bits per heavy atom. The third kappa shape index (κ3) is 3.03. The summed E-state index contributed by atoms with van der Waals surface area (Å²) in [5.74, 6) is -3.39. The van der Waals surface area contributed by atoms with Crippen molar-refractivity contribution >= 4 is 15.5 Å². The van der Waals surface area contributed by atoms with Crippen molar-refractivity contribution in [2.24, 2.45) is 0 Å². The molecule has 0 radical (unpaired) electrons. The molecule has 2 rings (SSSR count). The maximum absolute atomic E-state index is 12.4. The number of hydrogen-bond donors (Lipinski definition) is 1. The molecule has 1 aromatic carbocycles. The highest BCUT2D eigenvalue weighted by Gasteiger charge is 2.27. The summed E-state index contributed by atoms with van der Waals surface area (Å²) < 4.78 is 52.6. The summed E-state index contributed by atoms with van der Waals surface area (Å²) in [6, 6.07) is 5.49. The molecule has 0 aromatic heterocycles. The van der Waals surface area contributed by atoms with Crippen LogP contribution in [-0.4, -0.2) is 32.9 Å². The van der Waals surface area contributed by atoms with E-state index in [9.17, 15) is 17.2 Å². The molecule has 1 saturated heterocycles. The molecule has 0 amide bonds. The van der Waals surface area contributed by atoms with E-state index in [0.717, 1.165) is 6.42 Å². The predicted molar refractivity (Wildman–Crippen MR) is 67.1 cm³/mol. The first-order valence-electron chi connectivity index (χ1n) is 5.91. The minimum absolute atomic E-state index is 0.0736. The van der Waals surface area contributed by atoms with Gasteiger partial charge in [0.05, 0.1) is 17.0 Å². The van der Waals surface area contributed by atoms with E-state index in [0.29, 0.717) is 12.3 Å². The number of nitrogens with one attached hydrogen (secondary N) is 1. The van der Waals surface area contributed by atoms with E-state index in [4.69, 9.17) is 4.74 Å². The van der Waals surface area contributed by atoms with E-state index in [-0.39, 0.29) is 17.0 Å². The summed E-state index contributed by atoms with van der Waals surface area (Å²) in [6.07, 6.45) is 0.933. The number of halogens is 2. The summed E-state index contributed by atoms with van der Waals surface area (Å²) in [5, 5.41) is 3.19. The second-order valence-corrected chi connectivity index (χ2v) is 6.36. The average Bonchev–Trinajstić information content (AvgIpc) is 2.75. The number of anilines is 1. The lowest BCUT2D eigenvalue weighted by Gasteiger charge is -2.17. The normalized spacial score (nSPS) is 23.8. The van der Waals surface area contributed by atoms with Crippen LogP contribution in [0.15, 0.2) is 29.2 Å². The molecule has 1 aliphatic rings. The Hall–Kier alpha value is -1.21. The molecule has 1 fully saturated rings. The zero-order chi connectivity index (χ0) is 14.0. The third-order valence-electron chi connectivity index (χ3n) is 3.15. The fourth-order valence-electron chi connectivity index (χ4n) is 1.98. The number of ether oxygens (including phenoxy) is 1. The monoisotopic (exact) mass is 291 g/mol. The fourth-order valence-corrected chi connectivity index (χ4v) is 2.70. The highest BCUT2D eigenvalue weighted by Crippen LogP contribution is 2.22. The van der Waals surface area contributed by atoms with Gasteiger partial charge in [0.25, 0.3) is 0 Å². The van der Waals surface area contributed by atoms with E-state index in [1.54, 1.807) is 0 Å². The van der Waals surface area contributed by atoms with Crippen molar-refractivity contribution in [1.82, 2.24) is 0 Å². The molecule has 106 valence electrons. The van der Waals surface area contributed by atoms with E-state index in [1.165, 1.54) is 24.3 Å². The Labute approximate surface area is 110 Å². The highest BCUT2D eigenvalue weighted by atomic mass is 32.2. The number of sulfone groups is 1. The van der Waals surface area contributed by atoms with Crippen molar-refractivity contribution < 1.29 is 21.9 Å². The van der Waals surface area contributed by atoms with Gasteiger partial charge in [0.1, 0.15) is 0 Å². The van der Waals surface area contributed by atoms with Gasteiger partial charge in [-0.3, -0.25) is 0 Å². The number of rotatable bonds is 4. The summed E-state index contributed by atoms with van der Waals surface area (Å²) >= 11 is 0. The van der Waals surface area contributed by atoms with Crippen molar-refractivity contribution in [1.29, 1.82) is 0 Å². The highest BCUT2D eigenvalue weighted by molar-refractivity contribution is 7.91. The van der Waals surface area contributed by atoms with Crippen molar-refractivity contribution in [2.45, 2.75) is 36.1 Å². The Kier molecular flexibility index (Phi) is 4.05. The van der Waals surface area contributed by atoms with E-state index < -0.39 is 15.6 Å². The third-order valence-corrected chi connectivity index (χ3v) is 4.54. The summed E-state index contributed by atoms with van der Waals surface area (Å²) in [7, 11) is -4.52. The van der Waals surface area contributed by atoms with Gasteiger partial charge in [-0.15, -0.1) is 0 Å². The van der Waals surface area contributed by atoms with Gasteiger partial charge in [-0.2, -0.15) is 8.78 Å². The van der Waals surface area contributed by atoms with E-state index in [2.05, 4.69) is 5.32 Å². The molecule has 0 spiro atoms. The first-order chi connectivity index (χ1) is 8.91. The quantitative estimate of drug-likeness (QED) is 0.924. The second kappa shape index (κ2) is 5.42. The van der Waals surface area contributed by atoms with E-state index >= 15 is 0 Å². The molecule has 4 nitrogen and oxygen atoms in total. The molecule has 7 heteroatoms. The number of benzene rings is 1. The van der Waals surface area contributed by atoms with Crippen LogP contribution in [0.5, 0.6) is 0 Å². The summed E-state index contributed by atoms with van der Waals surface area (Å²) in [5.41, 5.74) is 0.690. The van der Waals surface area contributed by atoms with Gasteiger partial charge in [-0.25, -0.2) is 8.42 Å². The summed E-state index contributed by atoms with van der Waals surface area (Å²) in [6.45, 7) is 2.62. The molecule has 1 N–H and O–H groups in total. The van der Waals surface area contributed by atoms with Crippen LogP contribution in [-0.2, 0) is 14.6 Å². The van der Waals surface area contributed by atoms with Crippen molar-refractivity contribution in [3.8, 4) is 0 Å². The molecule has 1 aromatic rings. The zero-order valence-corrected chi connectivity index (χ0v) is 11.2. The molecule has 0 saturated carbocycles. The van der Waals surface area contributed by atoms with Crippen LogP contribution in [0.3, 0.4) is 0 Å². The molecule has 1 aliphatic heterocycles. The molecule has 2 unspecified atom stereocenters. The Bertz CT molecular complexity index is 530. The lowest BCUT2D eigenvalue weighted by molar-refractivity contribution is 0.121. The largest absolute Gasteiger partial charge is 0.380 e. The van der Waals surface area contributed by atoms with Crippen molar-refractivity contribution in [3.05, 3.63) is 24.3 Å². The van der Waals surface area contributed by atoms with E-state index in [1.807, 2.05) is 6.92 Å². The fraction of sp³-hybridized carbons (Fsp3) is 0.500. The lowest BCUT2D eigenvalue weighted by atomic mass is 10.1. The molecule has 1 heterocycles. The van der Waals surface area contributed by atoms with Gasteiger partial charge in [-0.05, 0) is 37.6 Å². The Morgan fingerprint density at radius 2 is 1.95 bits per heavy atom. The lowest BCUT2D eigenvalue weighted by Crippen LogP contribution is -2.26. The SMILES string of the molecule is CC1OCCC1Nc1ccc(S(=O)(=O)C(F)F)cc1. The minimum Gasteiger partial charge on any atom is -0.380 e. The summed E-state index contributed by atoms with van der Waals surface area (Å²) in [4.78, 5) is -0.372. The zero-order valence-electron chi connectivity index (χ0n) is 10.3. The van der Waals surface area contributed by atoms with Gasteiger partial charge in [-0.1, -0.05) is 0 Å². The van der Waals surface area contributed by atoms with Crippen molar-refractivity contribution in [3.63, 3.8) is 0 Å². The van der Waals surface area contributed by atoms with Gasteiger partial charge < -0.3 is 10.1 Å². The van der Waals surface area contributed by atoms with Gasteiger partial charge in [0.15, 0.2) is 0 Å². The topological polar surface area (TPSA) is 55.4 Å². The van der Waals surface area contributed by atoms with Crippen LogP contribution in [0.2, 0.25) is 0 Å². The number of alkyl halides is 2. The van der Waals surface area contributed by atoms with Crippen LogP contribution < -0.4 is 5.32 Å². The molecular weight excluding hydrogens is 276 g/mol. The smallest absolute Gasteiger partial charge is 0.341 e. The second-order valence-electron chi connectivity index (χ2n) is 4.45. The van der Waals surface area contributed by atoms with Crippen LogP contribution >= 0.6 is 0 Å². The maximum Gasteiger partial charge on any atom is 0.341 e. The van der Waals surface area contributed by atoms with Crippen LogP contribution in [0.25, 0.3) is 0 Å². The Morgan fingerprint density at radius 1 is 1.32 bits per heavy atom. The molecule has 19 heavy (non-hydrogen) atoms. The van der Waals surface area contributed by atoms with Crippen molar-refractivity contribution in [2.75, 3.05) is 11.9 Å². The van der Waals surface area contributed by atoms with Gasteiger partial charge in [0, 0.05) is 12.3 Å². The molecule has 0 bridgehead atoms. The van der Waals surface area contributed by atoms with Gasteiger partial charge in [0.2, 0.25) is 9.84 Å². The van der Waals surface area contributed by atoms with Crippen LogP contribution in [0.1, 0.15) is 13.3 Å². The van der Waals surface area contributed by atoms with Gasteiger partial charge >= 0.3 is 5.76 Å². The maximum atomic E-state index is 12.4. The molecule has 0 aliphatic carbocycles. The molecule has 2 atom stereocenters.